The van der Waals surface area contributed by atoms with Gasteiger partial charge in [-0.2, -0.15) is 0 Å². The fourth-order valence-corrected chi connectivity index (χ4v) is 2.41. The number of fused-ring (bicyclic) bond motifs is 2. The zero-order valence-corrected chi connectivity index (χ0v) is 13.1. The Hall–Kier alpha value is -2.82. The van der Waals surface area contributed by atoms with Crippen molar-refractivity contribution in [1.29, 1.82) is 0 Å². The van der Waals surface area contributed by atoms with Gasteiger partial charge in [-0.15, -0.1) is 0 Å². The van der Waals surface area contributed by atoms with Crippen LogP contribution in [0.1, 0.15) is 31.1 Å². The molecule has 0 aliphatic heterocycles. The fraction of sp³-hybridized carbons (Fsp3) is 0.222. The lowest BCUT2D eigenvalue weighted by Crippen LogP contribution is -2.24. The van der Waals surface area contributed by atoms with Crippen LogP contribution in [0.25, 0.3) is 21.8 Å². The highest BCUT2D eigenvalue weighted by molar-refractivity contribution is 6.09. The van der Waals surface area contributed by atoms with E-state index in [1.54, 1.807) is 32.9 Å². The molecular formula is C18H17NO4. The van der Waals surface area contributed by atoms with Crippen LogP contribution in [0.15, 0.2) is 36.4 Å². The van der Waals surface area contributed by atoms with Crippen LogP contribution in [0.3, 0.4) is 0 Å². The molecule has 0 saturated carbocycles. The number of phenols is 2. The zero-order valence-electron chi connectivity index (χ0n) is 13.1. The van der Waals surface area contributed by atoms with Gasteiger partial charge in [-0.3, -0.25) is 0 Å². The van der Waals surface area contributed by atoms with Crippen molar-refractivity contribution in [2.45, 2.75) is 26.4 Å². The first-order valence-corrected chi connectivity index (χ1v) is 7.24. The number of phenolic OH excluding ortho intramolecular Hbond substituents is 2. The summed E-state index contributed by atoms with van der Waals surface area (Å²) in [5, 5.41) is 21.3. The van der Waals surface area contributed by atoms with Crippen molar-refractivity contribution in [2.75, 3.05) is 0 Å². The van der Waals surface area contributed by atoms with Gasteiger partial charge < -0.3 is 14.9 Å². The van der Waals surface area contributed by atoms with Crippen LogP contribution in [0, 0.1) is 0 Å². The standard InChI is InChI=1S/C18H17NO4/c1-18(2,3)23-17(22)12-9-14(20)16(21)15-11(12)8-10-6-4-5-7-13(10)19-15/h4-9,20-21H,1-3H3. The number of para-hydroxylation sites is 1. The second-order valence-electron chi connectivity index (χ2n) is 6.37. The van der Waals surface area contributed by atoms with E-state index in [9.17, 15) is 15.0 Å². The van der Waals surface area contributed by atoms with Crippen molar-refractivity contribution < 1.29 is 19.7 Å². The molecule has 1 heterocycles. The van der Waals surface area contributed by atoms with Crippen molar-refractivity contribution in [2.24, 2.45) is 0 Å². The third kappa shape index (κ3) is 2.77. The van der Waals surface area contributed by atoms with Gasteiger partial charge in [-0.25, -0.2) is 9.78 Å². The number of ether oxygens (including phenoxy) is 1. The maximum atomic E-state index is 12.4. The van der Waals surface area contributed by atoms with E-state index in [0.717, 1.165) is 5.39 Å². The number of esters is 1. The smallest absolute Gasteiger partial charge is 0.339 e. The van der Waals surface area contributed by atoms with E-state index in [0.29, 0.717) is 10.9 Å². The molecule has 0 saturated heterocycles. The highest BCUT2D eigenvalue weighted by Crippen LogP contribution is 2.37. The molecule has 0 aliphatic carbocycles. The number of carbonyl (C=O) groups excluding carboxylic acids is 1. The monoisotopic (exact) mass is 311 g/mol. The quantitative estimate of drug-likeness (QED) is 0.406. The number of aromatic hydroxyl groups is 2. The SMILES string of the molecule is CC(C)(C)OC(=O)c1cc(O)c(O)c2nc3ccccc3cc12. The molecule has 1 aromatic heterocycles. The van der Waals surface area contributed by atoms with Gasteiger partial charge in [0.15, 0.2) is 11.5 Å². The first kappa shape index (κ1) is 15.1. The van der Waals surface area contributed by atoms with Crippen LogP contribution in [0.2, 0.25) is 0 Å². The van der Waals surface area contributed by atoms with E-state index in [1.165, 1.54) is 6.07 Å². The average molecular weight is 311 g/mol. The summed E-state index contributed by atoms with van der Waals surface area (Å²) in [4.78, 5) is 16.8. The summed E-state index contributed by atoms with van der Waals surface area (Å²) in [6, 6.07) is 10.3. The highest BCUT2D eigenvalue weighted by Gasteiger charge is 2.23. The van der Waals surface area contributed by atoms with Crippen molar-refractivity contribution in [3.8, 4) is 11.5 Å². The van der Waals surface area contributed by atoms with Crippen molar-refractivity contribution in [3.05, 3.63) is 42.0 Å². The number of benzene rings is 2. The van der Waals surface area contributed by atoms with Crippen LogP contribution < -0.4 is 0 Å². The first-order valence-electron chi connectivity index (χ1n) is 7.24. The normalized spacial score (nSPS) is 11.8. The second kappa shape index (κ2) is 5.12. The molecule has 0 bridgehead atoms. The van der Waals surface area contributed by atoms with Gasteiger partial charge in [0.2, 0.25) is 0 Å². The number of carbonyl (C=O) groups is 1. The van der Waals surface area contributed by atoms with Gasteiger partial charge in [-0.05, 0) is 39.0 Å². The molecule has 0 atom stereocenters. The lowest BCUT2D eigenvalue weighted by atomic mass is 10.0. The zero-order chi connectivity index (χ0) is 16.8. The van der Waals surface area contributed by atoms with Gasteiger partial charge in [0.1, 0.15) is 11.1 Å². The summed E-state index contributed by atoms with van der Waals surface area (Å²) in [7, 11) is 0. The largest absolute Gasteiger partial charge is 0.504 e. The second-order valence-corrected chi connectivity index (χ2v) is 6.37. The summed E-state index contributed by atoms with van der Waals surface area (Å²) in [6.07, 6.45) is 0. The molecule has 2 aromatic carbocycles. The maximum Gasteiger partial charge on any atom is 0.339 e. The van der Waals surface area contributed by atoms with Gasteiger partial charge in [0.05, 0.1) is 11.1 Å². The molecule has 118 valence electrons. The van der Waals surface area contributed by atoms with Gasteiger partial charge >= 0.3 is 5.97 Å². The predicted octanol–water partition coefficient (Wildman–Crippen LogP) is 3.75. The predicted molar refractivity (Wildman–Crippen MR) is 87.7 cm³/mol. The number of nitrogens with zero attached hydrogens (tertiary/aromatic N) is 1. The summed E-state index contributed by atoms with van der Waals surface area (Å²) in [5.41, 5.74) is 0.338. The van der Waals surface area contributed by atoms with Crippen LogP contribution in [-0.4, -0.2) is 26.8 Å². The van der Waals surface area contributed by atoms with Crippen LogP contribution in [0.4, 0.5) is 0 Å². The van der Waals surface area contributed by atoms with Crippen LogP contribution in [0.5, 0.6) is 11.5 Å². The Labute approximate surface area is 133 Å². The minimum Gasteiger partial charge on any atom is -0.504 e. The fourth-order valence-electron chi connectivity index (χ4n) is 2.41. The number of hydrogen-bond donors (Lipinski definition) is 2. The molecule has 23 heavy (non-hydrogen) atoms. The molecule has 2 N–H and O–H groups in total. The van der Waals surface area contributed by atoms with E-state index in [-0.39, 0.29) is 16.8 Å². The number of hydrogen-bond acceptors (Lipinski definition) is 5. The molecule has 0 spiro atoms. The van der Waals surface area contributed by atoms with Crippen molar-refractivity contribution in [1.82, 2.24) is 4.98 Å². The van der Waals surface area contributed by atoms with Gasteiger partial charge in [0.25, 0.3) is 0 Å². The van der Waals surface area contributed by atoms with Crippen molar-refractivity contribution in [3.63, 3.8) is 0 Å². The Morgan fingerprint density at radius 3 is 2.52 bits per heavy atom. The molecule has 0 fully saturated rings. The van der Waals surface area contributed by atoms with Crippen LogP contribution >= 0.6 is 0 Å². The number of aromatic nitrogens is 1. The summed E-state index contributed by atoms with van der Waals surface area (Å²) >= 11 is 0. The van der Waals surface area contributed by atoms with E-state index >= 15 is 0 Å². The third-order valence-corrected chi connectivity index (χ3v) is 3.38. The van der Waals surface area contributed by atoms with Crippen LogP contribution in [-0.2, 0) is 4.74 Å². The Kier molecular flexibility index (Phi) is 3.36. The molecule has 5 heteroatoms. The Morgan fingerprint density at radius 2 is 1.83 bits per heavy atom. The lowest BCUT2D eigenvalue weighted by Gasteiger charge is -2.20. The Morgan fingerprint density at radius 1 is 1.13 bits per heavy atom. The molecule has 0 unspecified atom stereocenters. The van der Waals surface area contributed by atoms with Crippen molar-refractivity contribution >= 4 is 27.8 Å². The van der Waals surface area contributed by atoms with E-state index in [1.807, 2.05) is 18.2 Å². The summed E-state index contributed by atoms with van der Waals surface area (Å²) < 4.78 is 5.38. The topological polar surface area (TPSA) is 79.7 Å². The van der Waals surface area contributed by atoms with Gasteiger partial charge in [-0.1, -0.05) is 18.2 Å². The highest BCUT2D eigenvalue weighted by atomic mass is 16.6. The molecule has 3 aromatic rings. The maximum absolute atomic E-state index is 12.4. The van der Waals surface area contributed by atoms with E-state index < -0.39 is 17.3 Å². The first-order chi connectivity index (χ1) is 10.8. The number of rotatable bonds is 1. The molecule has 3 rings (SSSR count). The molecule has 0 amide bonds. The lowest BCUT2D eigenvalue weighted by molar-refractivity contribution is 0.00714. The molecule has 0 aliphatic rings. The van der Waals surface area contributed by atoms with E-state index in [4.69, 9.17) is 4.74 Å². The minimum atomic E-state index is -0.665. The Balaban J connectivity index is 2.31. The summed E-state index contributed by atoms with van der Waals surface area (Å²) in [6.45, 7) is 5.29. The number of pyridine rings is 1. The summed E-state index contributed by atoms with van der Waals surface area (Å²) in [5.74, 6) is -1.32. The minimum absolute atomic E-state index is 0.170. The van der Waals surface area contributed by atoms with E-state index in [2.05, 4.69) is 4.98 Å². The Bertz CT molecular complexity index is 926. The third-order valence-electron chi connectivity index (χ3n) is 3.38. The average Bonchev–Trinajstić information content (AvgIpc) is 2.47. The van der Waals surface area contributed by atoms with Gasteiger partial charge in [0, 0.05) is 10.8 Å². The molecule has 5 nitrogen and oxygen atoms in total. The molecule has 0 radical (unpaired) electrons. The molecular weight excluding hydrogens is 294 g/mol.